The predicted octanol–water partition coefficient (Wildman–Crippen LogP) is 20.0. The van der Waals surface area contributed by atoms with E-state index in [0.29, 0.717) is 0 Å². The number of benzene rings is 14. The van der Waals surface area contributed by atoms with Crippen molar-refractivity contribution < 1.29 is 0 Å². The summed E-state index contributed by atoms with van der Waals surface area (Å²) >= 11 is 0. The maximum absolute atomic E-state index is 2.42. The average molecular weight is 915 g/mol. The second-order valence-corrected chi connectivity index (χ2v) is 18.8. The lowest BCUT2D eigenvalue weighted by atomic mass is 9.87. The Morgan fingerprint density at radius 1 is 0.181 bits per heavy atom. The van der Waals surface area contributed by atoms with Crippen LogP contribution in [-0.2, 0) is 0 Å². The molecule has 0 aliphatic carbocycles. The van der Waals surface area contributed by atoms with Gasteiger partial charge in [-0.05, 0) is 170 Å². The van der Waals surface area contributed by atoms with Crippen molar-refractivity contribution in [2.24, 2.45) is 0 Å². The van der Waals surface area contributed by atoms with E-state index >= 15 is 0 Å². The predicted molar refractivity (Wildman–Crippen MR) is 309 cm³/mol. The van der Waals surface area contributed by atoms with Gasteiger partial charge in [-0.3, -0.25) is 0 Å². The molecule has 2 nitrogen and oxygen atoms in total. The highest BCUT2D eigenvalue weighted by Crippen LogP contribution is 2.48. The Balaban J connectivity index is 0.966. The summed E-state index contributed by atoms with van der Waals surface area (Å²) in [4.78, 5) is 4.81. The Kier molecular flexibility index (Phi) is 9.89. The molecule has 0 saturated heterocycles. The molecular weight excluding hydrogens is 869 g/mol. The SMILES string of the molecule is c1ccc(N(c2cccc(-c3cccc4ccccc34)c2)c2ccc3c(c2)c2ccccc2c2c4ccc(N(c5ccccc5)c5cccc(-c6cccc7ccccc67)c5)cc4c4ccccc4c32)cc1. The van der Waals surface area contributed by atoms with Crippen LogP contribution < -0.4 is 9.80 Å². The first-order valence-electron chi connectivity index (χ1n) is 24.8. The maximum Gasteiger partial charge on any atom is 0.0468 e. The fourth-order valence-corrected chi connectivity index (χ4v) is 11.6. The van der Waals surface area contributed by atoms with E-state index in [2.05, 4.69) is 289 Å². The molecule has 0 radical (unpaired) electrons. The lowest BCUT2D eigenvalue weighted by molar-refractivity contribution is 1.29. The number of fused-ring (bicyclic) bond motifs is 13. The monoisotopic (exact) mass is 914 g/mol. The van der Waals surface area contributed by atoms with Gasteiger partial charge in [0, 0.05) is 34.1 Å². The van der Waals surface area contributed by atoms with Crippen molar-refractivity contribution in [3.05, 3.63) is 279 Å². The summed E-state index contributed by atoms with van der Waals surface area (Å²) in [6.07, 6.45) is 0. The molecule has 72 heavy (non-hydrogen) atoms. The van der Waals surface area contributed by atoms with Crippen LogP contribution in [-0.4, -0.2) is 0 Å². The highest BCUT2D eigenvalue weighted by atomic mass is 15.1. The van der Waals surface area contributed by atoms with Gasteiger partial charge in [-0.15, -0.1) is 0 Å². The third-order valence-corrected chi connectivity index (χ3v) is 14.7. The van der Waals surface area contributed by atoms with Gasteiger partial charge >= 0.3 is 0 Å². The summed E-state index contributed by atoms with van der Waals surface area (Å²) in [5.74, 6) is 0. The van der Waals surface area contributed by atoms with Crippen LogP contribution in [0.5, 0.6) is 0 Å². The summed E-state index contributed by atoms with van der Waals surface area (Å²) in [5, 5.41) is 17.4. The number of rotatable bonds is 8. The van der Waals surface area contributed by atoms with Gasteiger partial charge in [0.25, 0.3) is 0 Å². The Morgan fingerprint density at radius 3 is 0.944 bits per heavy atom. The quantitative estimate of drug-likeness (QED) is 0.140. The van der Waals surface area contributed by atoms with Crippen molar-refractivity contribution >= 4 is 110 Å². The highest BCUT2D eigenvalue weighted by molar-refractivity contribution is 6.39. The second-order valence-electron chi connectivity index (χ2n) is 18.8. The minimum absolute atomic E-state index is 1.10. The molecule has 0 fully saturated rings. The number of para-hydroxylation sites is 2. The molecule has 0 aliphatic heterocycles. The molecule has 0 amide bonds. The molecule has 0 unspecified atom stereocenters. The van der Waals surface area contributed by atoms with Crippen molar-refractivity contribution in [3.63, 3.8) is 0 Å². The summed E-state index contributed by atoms with van der Waals surface area (Å²) in [6.45, 7) is 0. The minimum Gasteiger partial charge on any atom is -0.310 e. The molecule has 14 aromatic carbocycles. The summed E-state index contributed by atoms with van der Waals surface area (Å²) in [7, 11) is 0. The van der Waals surface area contributed by atoms with E-state index in [1.54, 1.807) is 0 Å². The number of hydrogen-bond donors (Lipinski definition) is 0. The van der Waals surface area contributed by atoms with E-state index in [4.69, 9.17) is 0 Å². The highest BCUT2D eigenvalue weighted by Gasteiger charge is 2.21. The maximum atomic E-state index is 2.42. The Morgan fingerprint density at radius 2 is 0.500 bits per heavy atom. The Bertz CT molecular complexity index is 4110. The first-order valence-corrected chi connectivity index (χ1v) is 24.8. The Labute approximate surface area is 418 Å². The van der Waals surface area contributed by atoms with E-state index < -0.39 is 0 Å². The molecule has 0 heterocycles. The molecular formula is C70H46N2. The van der Waals surface area contributed by atoms with Crippen LogP contribution in [0.25, 0.3) is 97.7 Å². The van der Waals surface area contributed by atoms with Crippen LogP contribution in [0.3, 0.4) is 0 Å². The van der Waals surface area contributed by atoms with Gasteiger partial charge in [0.05, 0.1) is 0 Å². The lowest BCUT2D eigenvalue weighted by Gasteiger charge is -2.27. The van der Waals surface area contributed by atoms with Crippen molar-refractivity contribution in [2.45, 2.75) is 0 Å². The van der Waals surface area contributed by atoms with Crippen molar-refractivity contribution in [3.8, 4) is 22.3 Å². The molecule has 14 rings (SSSR count). The van der Waals surface area contributed by atoms with Crippen LogP contribution in [0, 0.1) is 0 Å². The summed E-state index contributed by atoms with van der Waals surface area (Å²) in [5.41, 5.74) is 11.5. The van der Waals surface area contributed by atoms with Gasteiger partial charge in [0.15, 0.2) is 0 Å². The smallest absolute Gasteiger partial charge is 0.0468 e. The van der Waals surface area contributed by atoms with Crippen molar-refractivity contribution in [1.82, 2.24) is 0 Å². The summed E-state index contributed by atoms with van der Waals surface area (Å²) < 4.78 is 0. The zero-order chi connectivity index (χ0) is 47.5. The average Bonchev–Trinajstić information content (AvgIpc) is 3.45. The van der Waals surface area contributed by atoms with Gasteiger partial charge in [0.1, 0.15) is 0 Å². The molecule has 0 atom stereocenters. The molecule has 0 spiro atoms. The van der Waals surface area contributed by atoms with Crippen LogP contribution in [0.2, 0.25) is 0 Å². The standard InChI is InChI=1S/C70H46N2/c1-3-25-51(26-4-1)71(53-29-15-23-49(43-53)59-37-17-21-47-19-7-9-31-57(47)59)55-39-41-65-67(45-55)61-33-11-13-35-63(61)70-66-42-40-56(46-68(66)62-34-12-14-36-64(62)69(65)70)72(52-27-5-2-6-28-52)54-30-16-24-50(44-54)60-38-18-22-48-20-8-10-32-58(48)60/h1-46H. The normalized spacial score (nSPS) is 11.6. The first-order chi connectivity index (χ1) is 35.7. The zero-order valence-corrected chi connectivity index (χ0v) is 39.5. The molecule has 0 aromatic heterocycles. The number of hydrogen-bond acceptors (Lipinski definition) is 2. The lowest BCUT2D eigenvalue weighted by Crippen LogP contribution is -2.10. The molecule has 336 valence electrons. The molecule has 2 heteroatoms. The number of anilines is 6. The minimum atomic E-state index is 1.10. The zero-order valence-electron chi connectivity index (χ0n) is 39.5. The Hall–Kier alpha value is -9.50. The van der Waals surface area contributed by atoms with Gasteiger partial charge < -0.3 is 9.80 Å². The third-order valence-electron chi connectivity index (χ3n) is 14.7. The van der Waals surface area contributed by atoms with Crippen molar-refractivity contribution in [2.75, 3.05) is 9.80 Å². The van der Waals surface area contributed by atoms with Crippen LogP contribution >= 0.6 is 0 Å². The van der Waals surface area contributed by atoms with Gasteiger partial charge in [-0.25, -0.2) is 0 Å². The molecule has 0 saturated carbocycles. The fraction of sp³-hybridized carbons (Fsp3) is 0. The summed E-state index contributed by atoms with van der Waals surface area (Å²) in [6, 6.07) is 102. The van der Waals surface area contributed by atoms with Gasteiger partial charge in [-0.1, -0.05) is 206 Å². The van der Waals surface area contributed by atoms with E-state index in [0.717, 1.165) is 34.1 Å². The second kappa shape index (κ2) is 17.2. The van der Waals surface area contributed by atoms with Crippen LogP contribution in [0.15, 0.2) is 279 Å². The van der Waals surface area contributed by atoms with E-state index in [1.807, 2.05) is 0 Å². The molecule has 0 N–H and O–H groups in total. The van der Waals surface area contributed by atoms with Gasteiger partial charge in [0.2, 0.25) is 0 Å². The van der Waals surface area contributed by atoms with Crippen molar-refractivity contribution in [1.29, 1.82) is 0 Å². The largest absolute Gasteiger partial charge is 0.310 e. The molecule has 0 aliphatic rings. The number of nitrogens with zero attached hydrogens (tertiary/aromatic N) is 2. The first kappa shape index (κ1) is 41.5. The van der Waals surface area contributed by atoms with Crippen LogP contribution in [0.1, 0.15) is 0 Å². The van der Waals surface area contributed by atoms with Gasteiger partial charge in [-0.2, -0.15) is 0 Å². The topological polar surface area (TPSA) is 6.48 Å². The fourth-order valence-electron chi connectivity index (χ4n) is 11.6. The molecule has 0 bridgehead atoms. The molecule has 14 aromatic rings. The third kappa shape index (κ3) is 6.88. The van der Waals surface area contributed by atoms with E-state index in [1.165, 1.54) is 97.7 Å². The van der Waals surface area contributed by atoms with Crippen LogP contribution in [0.4, 0.5) is 34.1 Å². The van der Waals surface area contributed by atoms with E-state index in [9.17, 15) is 0 Å². The van der Waals surface area contributed by atoms with E-state index in [-0.39, 0.29) is 0 Å².